The van der Waals surface area contributed by atoms with Gasteiger partial charge in [0.2, 0.25) is 0 Å². The Morgan fingerprint density at radius 1 is 1.23 bits per heavy atom. The Hall–Kier alpha value is -0.330. The lowest BCUT2D eigenvalue weighted by molar-refractivity contribution is -0.140. The zero-order chi connectivity index (χ0) is 9.47. The highest BCUT2D eigenvalue weighted by Crippen LogP contribution is 2.51. The minimum Gasteiger partial charge on any atom is -0.299 e. The van der Waals surface area contributed by atoms with E-state index in [1.807, 2.05) is 0 Å². The van der Waals surface area contributed by atoms with Crippen molar-refractivity contribution in [1.29, 1.82) is 0 Å². The first kappa shape index (κ1) is 9.23. The van der Waals surface area contributed by atoms with Gasteiger partial charge in [0.25, 0.3) is 0 Å². The molecular weight excluding hydrogens is 160 g/mol. The van der Waals surface area contributed by atoms with Gasteiger partial charge in [-0.2, -0.15) is 0 Å². The third-order valence-corrected chi connectivity index (χ3v) is 4.62. The highest BCUT2D eigenvalue weighted by atomic mass is 16.1. The lowest BCUT2D eigenvalue weighted by Gasteiger charge is -2.48. The second-order valence-corrected chi connectivity index (χ2v) is 5.13. The van der Waals surface area contributed by atoms with Crippen molar-refractivity contribution >= 4 is 5.78 Å². The van der Waals surface area contributed by atoms with Gasteiger partial charge in [-0.1, -0.05) is 20.3 Å². The SMILES string of the molecule is C[C@@H]1CCC[C@@H]2CCCC(=O)[C@@]21C. The Morgan fingerprint density at radius 2 is 1.92 bits per heavy atom. The molecule has 0 N–H and O–H groups in total. The average molecular weight is 180 g/mol. The van der Waals surface area contributed by atoms with Gasteiger partial charge in [-0.05, 0) is 37.5 Å². The van der Waals surface area contributed by atoms with Crippen molar-refractivity contribution in [2.75, 3.05) is 0 Å². The van der Waals surface area contributed by atoms with Gasteiger partial charge in [0.05, 0.1) is 0 Å². The summed E-state index contributed by atoms with van der Waals surface area (Å²) in [4.78, 5) is 12.0. The van der Waals surface area contributed by atoms with Gasteiger partial charge >= 0.3 is 0 Å². The molecule has 0 bridgehead atoms. The summed E-state index contributed by atoms with van der Waals surface area (Å²) in [7, 11) is 0. The molecule has 2 fully saturated rings. The summed E-state index contributed by atoms with van der Waals surface area (Å²) in [6.07, 6.45) is 7.19. The molecule has 1 nitrogen and oxygen atoms in total. The number of hydrogen-bond donors (Lipinski definition) is 0. The van der Waals surface area contributed by atoms with Gasteiger partial charge in [0, 0.05) is 11.8 Å². The predicted octanol–water partition coefficient (Wildman–Crippen LogP) is 3.18. The molecule has 0 aliphatic heterocycles. The second-order valence-electron chi connectivity index (χ2n) is 5.13. The molecule has 0 aromatic carbocycles. The van der Waals surface area contributed by atoms with E-state index in [9.17, 15) is 4.79 Å². The van der Waals surface area contributed by atoms with Crippen molar-refractivity contribution in [2.24, 2.45) is 17.3 Å². The predicted molar refractivity (Wildman–Crippen MR) is 53.5 cm³/mol. The van der Waals surface area contributed by atoms with Crippen molar-refractivity contribution < 1.29 is 4.79 Å². The maximum absolute atomic E-state index is 12.0. The third kappa shape index (κ3) is 1.24. The Bertz CT molecular complexity index is 219. The third-order valence-electron chi connectivity index (χ3n) is 4.62. The fourth-order valence-electron chi connectivity index (χ4n) is 3.40. The quantitative estimate of drug-likeness (QED) is 0.559. The van der Waals surface area contributed by atoms with Crippen LogP contribution in [-0.2, 0) is 4.79 Å². The summed E-state index contributed by atoms with van der Waals surface area (Å²) in [5.74, 6) is 1.88. The lowest BCUT2D eigenvalue weighted by Crippen LogP contribution is -2.46. The van der Waals surface area contributed by atoms with Gasteiger partial charge in [-0.25, -0.2) is 0 Å². The van der Waals surface area contributed by atoms with Crippen LogP contribution in [0, 0.1) is 17.3 Å². The van der Waals surface area contributed by atoms with E-state index < -0.39 is 0 Å². The maximum Gasteiger partial charge on any atom is 0.139 e. The normalized spacial score (nSPS) is 45.8. The highest BCUT2D eigenvalue weighted by molar-refractivity contribution is 5.85. The average Bonchev–Trinajstić information content (AvgIpc) is 2.10. The Balaban J connectivity index is 2.27. The van der Waals surface area contributed by atoms with Gasteiger partial charge in [0.1, 0.15) is 5.78 Å². The Morgan fingerprint density at radius 3 is 2.62 bits per heavy atom. The second kappa shape index (κ2) is 3.11. The zero-order valence-corrected chi connectivity index (χ0v) is 8.81. The molecule has 2 aliphatic carbocycles. The molecule has 74 valence electrons. The van der Waals surface area contributed by atoms with Crippen molar-refractivity contribution in [3.8, 4) is 0 Å². The number of Topliss-reactive ketones (excluding diaryl/α,β-unsaturated/α-hetero) is 1. The van der Waals surface area contributed by atoms with Crippen LogP contribution in [0.1, 0.15) is 52.4 Å². The molecule has 0 radical (unpaired) electrons. The highest BCUT2D eigenvalue weighted by Gasteiger charge is 2.48. The summed E-state index contributed by atoms with van der Waals surface area (Å²) in [5.41, 5.74) is 0.0521. The standard InChI is InChI=1S/C12H20O/c1-9-5-3-6-10-7-4-8-11(13)12(9,10)2/h9-10H,3-8H2,1-2H3/t9-,10-,12-/m1/s1. The fourth-order valence-corrected chi connectivity index (χ4v) is 3.40. The minimum atomic E-state index is 0.0521. The Labute approximate surface area is 80.9 Å². The first-order valence-corrected chi connectivity index (χ1v) is 5.69. The van der Waals surface area contributed by atoms with Crippen LogP contribution in [0.2, 0.25) is 0 Å². The summed E-state index contributed by atoms with van der Waals surface area (Å²) >= 11 is 0. The van der Waals surface area contributed by atoms with Crippen LogP contribution in [0.4, 0.5) is 0 Å². The number of rotatable bonds is 0. The van der Waals surface area contributed by atoms with E-state index in [0.717, 1.165) is 12.8 Å². The number of ketones is 1. The summed E-state index contributed by atoms with van der Waals surface area (Å²) in [6.45, 7) is 4.50. The van der Waals surface area contributed by atoms with Crippen LogP contribution in [0.25, 0.3) is 0 Å². The van der Waals surface area contributed by atoms with Crippen LogP contribution in [-0.4, -0.2) is 5.78 Å². The monoisotopic (exact) mass is 180 g/mol. The van der Waals surface area contributed by atoms with E-state index in [-0.39, 0.29) is 5.41 Å². The minimum absolute atomic E-state index is 0.0521. The van der Waals surface area contributed by atoms with Crippen LogP contribution >= 0.6 is 0 Å². The molecule has 3 atom stereocenters. The maximum atomic E-state index is 12.0. The van der Waals surface area contributed by atoms with Crippen LogP contribution in [0.15, 0.2) is 0 Å². The van der Waals surface area contributed by atoms with E-state index >= 15 is 0 Å². The zero-order valence-electron chi connectivity index (χ0n) is 8.81. The van der Waals surface area contributed by atoms with E-state index in [1.54, 1.807) is 0 Å². The van der Waals surface area contributed by atoms with Crippen molar-refractivity contribution in [2.45, 2.75) is 52.4 Å². The number of fused-ring (bicyclic) bond motifs is 1. The molecule has 0 unspecified atom stereocenters. The summed E-state index contributed by atoms with van der Waals surface area (Å²) in [5, 5.41) is 0. The number of carbonyl (C=O) groups is 1. The molecule has 0 spiro atoms. The van der Waals surface area contributed by atoms with Crippen LogP contribution in [0.5, 0.6) is 0 Å². The molecule has 2 saturated carbocycles. The molecule has 0 aromatic heterocycles. The van der Waals surface area contributed by atoms with Crippen molar-refractivity contribution in [1.82, 2.24) is 0 Å². The largest absolute Gasteiger partial charge is 0.299 e. The van der Waals surface area contributed by atoms with Gasteiger partial charge in [-0.3, -0.25) is 4.79 Å². The first-order chi connectivity index (χ1) is 6.15. The summed E-state index contributed by atoms with van der Waals surface area (Å²) < 4.78 is 0. The molecule has 1 heteroatoms. The Kier molecular flexibility index (Phi) is 2.21. The van der Waals surface area contributed by atoms with E-state index in [1.165, 1.54) is 25.7 Å². The van der Waals surface area contributed by atoms with E-state index in [0.29, 0.717) is 17.6 Å². The number of hydrogen-bond acceptors (Lipinski definition) is 1. The number of carbonyl (C=O) groups excluding carboxylic acids is 1. The van der Waals surface area contributed by atoms with Crippen LogP contribution < -0.4 is 0 Å². The van der Waals surface area contributed by atoms with Crippen LogP contribution in [0.3, 0.4) is 0 Å². The lowest BCUT2D eigenvalue weighted by atomic mass is 9.55. The fraction of sp³-hybridized carbons (Fsp3) is 0.917. The molecule has 2 rings (SSSR count). The molecule has 0 heterocycles. The smallest absolute Gasteiger partial charge is 0.139 e. The van der Waals surface area contributed by atoms with Crippen molar-refractivity contribution in [3.05, 3.63) is 0 Å². The molecule has 2 aliphatic rings. The van der Waals surface area contributed by atoms with Gasteiger partial charge in [-0.15, -0.1) is 0 Å². The molecule has 0 saturated heterocycles. The van der Waals surface area contributed by atoms with E-state index in [2.05, 4.69) is 13.8 Å². The van der Waals surface area contributed by atoms with Crippen molar-refractivity contribution in [3.63, 3.8) is 0 Å². The molecular formula is C12H20O. The molecule has 0 amide bonds. The van der Waals surface area contributed by atoms with Gasteiger partial charge in [0.15, 0.2) is 0 Å². The molecule has 0 aromatic rings. The first-order valence-electron chi connectivity index (χ1n) is 5.69. The van der Waals surface area contributed by atoms with Gasteiger partial charge < -0.3 is 0 Å². The van der Waals surface area contributed by atoms with E-state index in [4.69, 9.17) is 0 Å². The summed E-state index contributed by atoms with van der Waals surface area (Å²) in [6, 6.07) is 0. The topological polar surface area (TPSA) is 17.1 Å². The molecule has 13 heavy (non-hydrogen) atoms.